The Kier molecular flexibility index (Phi) is 9.00. The molecule has 0 aromatic heterocycles. The van der Waals surface area contributed by atoms with Crippen LogP contribution in [0.5, 0.6) is 0 Å². The van der Waals surface area contributed by atoms with Crippen molar-refractivity contribution in [3.63, 3.8) is 0 Å². The van der Waals surface area contributed by atoms with Crippen LogP contribution in [-0.4, -0.2) is 28.4 Å². The van der Waals surface area contributed by atoms with E-state index in [1.807, 2.05) is 13.8 Å². The highest BCUT2D eigenvalue weighted by Crippen LogP contribution is 2.74. The first-order valence-electron chi connectivity index (χ1n) is 17.0. The zero-order valence-electron chi connectivity index (χ0n) is 28.6. The van der Waals surface area contributed by atoms with E-state index in [2.05, 4.69) is 41.2 Å². The number of halogens is 2. The summed E-state index contributed by atoms with van der Waals surface area (Å²) >= 11 is 0. The Morgan fingerprint density at radius 3 is 2.22 bits per heavy atom. The summed E-state index contributed by atoms with van der Waals surface area (Å²) in [5.41, 5.74) is 2.64. The largest absolute Gasteiger partial charge is 0.491 e. The van der Waals surface area contributed by atoms with Crippen molar-refractivity contribution in [2.45, 2.75) is 119 Å². The Hall–Kier alpha value is -2.47. The van der Waals surface area contributed by atoms with Crippen LogP contribution in [0.2, 0.25) is 0 Å². The van der Waals surface area contributed by atoms with Crippen molar-refractivity contribution < 1.29 is 28.5 Å². The molecule has 1 aromatic rings. The van der Waals surface area contributed by atoms with Gasteiger partial charge in [-0.3, -0.25) is 0 Å². The fourth-order valence-corrected chi connectivity index (χ4v) is 11.2. The number of hydrogen-bond donors (Lipinski definition) is 2. The van der Waals surface area contributed by atoms with E-state index >= 15 is 0 Å². The topological polar surface area (TPSA) is 66.8 Å². The molecular formula is C39H54F2O4. The molecule has 6 heteroatoms. The van der Waals surface area contributed by atoms with Crippen LogP contribution < -0.4 is 0 Å². The SMILES string of the molecule is C=C(C)OC1C[C@@]2(C)[C@@H](C[C@@H](O)[C@H]3[C@@]4(C)CC[C@@H](C)[C@H](C)[C@@H]4CC[C@@]32C)/C1=C(/CCC(=C(C)C)c1cc(F)cc(F)c1)C(=O)O. The minimum absolute atomic E-state index is 0.0255. The summed E-state index contributed by atoms with van der Waals surface area (Å²) in [7, 11) is 0. The van der Waals surface area contributed by atoms with Gasteiger partial charge in [-0.25, -0.2) is 13.6 Å². The van der Waals surface area contributed by atoms with Gasteiger partial charge in [0.1, 0.15) is 17.7 Å². The second-order valence-corrected chi connectivity index (χ2v) is 16.1. The summed E-state index contributed by atoms with van der Waals surface area (Å²) in [5.74, 6) is 0.0328. The van der Waals surface area contributed by atoms with Crippen molar-refractivity contribution in [2.75, 3.05) is 0 Å². The van der Waals surface area contributed by atoms with E-state index in [0.29, 0.717) is 53.9 Å². The van der Waals surface area contributed by atoms with Crippen molar-refractivity contribution in [1.29, 1.82) is 0 Å². The summed E-state index contributed by atoms with van der Waals surface area (Å²) in [5, 5.41) is 22.9. The number of aliphatic carboxylic acids is 1. The van der Waals surface area contributed by atoms with Crippen molar-refractivity contribution in [3.8, 4) is 0 Å². The maximum Gasteiger partial charge on any atom is 0.331 e. The van der Waals surface area contributed by atoms with Gasteiger partial charge in [-0.15, -0.1) is 0 Å². The molecule has 0 saturated heterocycles. The van der Waals surface area contributed by atoms with Crippen molar-refractivity contribution in [3.05, 3.63) is 64.5 Å². The van der Waals surface area contributed by atoms with Gasteiger partial charge < -0.3 is 14.9 Å². The molecule has 2 N–H and O–H groups in total. The zero-order valence-corrected chi connectivity index (χ0v) is 28.6. The molecule has 4 aliphatic rings. The van der Waals surface area contributed by atoms with Crippen molar-refractivity contribution in [1.82, 2.24) is 0 Å². The van der Waals surface area contributed by atoms with E-state index in [-0.39, 0.29) is 34.5 Å². The fraction of sp³-hybridized carbons (Fsp3) is 0.667. The van der Waals surface area contributed by atoms with Crippen LogP contribution >= 0.6 is 0 Å². The highest BCUT2D eigenvalue weighted by molar-refractivity contribution is 5.88. The molecule has 1 unspecified atom stereocenters. The third-order valence-electron chi connectivity index (χ3n) is 13.5. The monoisotopic (exact) mass is 624 g/mol. The third kappa shape index (κ3) is 5.51. The quantitative estimate of drug-likeness (QED) is 0.234. The lowest BCUT2D eigenvalue weighted by atomic mass is 9.36. The molecule has 4 nitrogen and oxygen atoms in total. The predicted octanol–water partition coefficient (Wildman–Crippen LogP) is 9.73. The van der Waals surface area contributed by atoms with Crippen LogP contribution in [0.15, 0.2) is 47.3 Å². The maximum absolute atomic E-state index is 14.2. The number of aliphatic hydroxyl groups is 1. The molecule has 0 heterocycles. The molecule has 0 radical (unpaired) electrons. The number of carboxylic acid groups (broad SMARTS) is 1. The summed E-state index contributed by atoms with van der Waals surface area (Å²) in [6.45, 7) is 21.5. The van der Waals surface area contributed by atoms with Crippen LogP contribution in [-0.2, 0) is 9.53 Å². The Morgan fingerprint density at radius 2 is 1.64 bits per heavy atom. The van der Waals surface area contributed by atoms with Crippen LogP contribution in [0.4, 0.5) is 8.78 Å². The van der Waals surface area contributed by atoms with Crippen LogP contribution in [0.3, 0.4) is 0 Å². The van der Waals surface area contributed by atoms with Gasteiger partial charge in [-0.1, -0.05) is 46.8 Å². The molecule has 4 fully saturated rings. The van der Waals surface area contributed by atoms with Gasteiger partial charge in [-0.2, -0.15) is 0 Å². The van der Waals surface area contributed by atoms with E-state index in [4.69, 9.17) is 4.74 Å². The van der Waals surface area contributed by atoms with Gasteiger partial charge >= 0.3 is 5.97 Å². The number of hydrogen-bond acceptors (Lipinski definition) is 3. The van der Waals surface area contributed by atoms with E-state index < -0.39 is 29.8 Å². The Labute approximate surface area is 269 Å². The van der Waals surface area contributed by atoms with Crippen LogP contribution in [0.1, 0.15) is 112 Å². The van der Waals surface area contributed by atoms with Gasteiger partial charge in [0.05, 0.1) is 11.9 Å². The average Bonchev–Trinajstić information content (AvgIpc) is 3.19. The predicted molar refractivity (Wildman–Crippen MR) is 175 cm³/mol. The highest BCUT2D eigenvalue weighted by Gasteiger charge is 2.70. The minimum Gasteiger partial charge on any atom is -0.491 e. The molecule has 0 spiro atoms. The number of fused-ring (bicyclic) bond motifs is 5. The molecule has 4 aliphatic carbocycles. The second kappa shape index (κ2) is 12.0. The van der Waals surface area contributed by atoms with Gasteiger partial charge in [0, 0.05) is 11.6 Å². The number of rotatable bonds is 7. The van der Waals surface area contributed by atoms with E-state index in [0.717, 1.165) is 42.0 Å². The van der Waals surface area contributed by atoms with Crippen LogP contribution in [0, 0.1) is 57.5 Å². The van der Waals surface area contributed by atoms with Crippen molar-refractivity contribution in [2.24, 2.45) is 45.8 Å². The number of benzene rings is 1. The van der Waals surface area contributed by atoms with Crippen LogP contribution in [0.25, 0.3) is 5.57 Å². The molecule has 0 aliphatic heterocycles. The molecule has 248 valence electrons. The first-order chi connectivity index (χ1) is 20.9. The molecule has 4 saturated carbocycles. The number of allylic oxidation sites excluding steroid dienone is 3. The summed E-state index contributed by atoms with van der Waals surface area (Å²) in [6, 6.07) is 3.46. The Bertz CT molecular complexity index is 1400. The van der Waals surface area contributed by atoms with Gasteiger partial charge in [0.15, 0.2) is 0 Å². The first-order valence-corrected chi connectivity index (χ1v) is 17.0. The van der Waals surface area contributed by atoms with E-state index in [9.17, 15) is 23.8 Å². The van der Waals surface area contributed by atoms with Crippen molar-refractivity contribution >= 4 is 11.5 Å². The normalized spacial score (nSPS) is 40.1. The summed E-state index contributed by atoms with van der Waals surface area (Å²) in [4.78, 5) is 13.1. The number of carboxylic acids is 1. The fourth-order valence-electron chi connectivity index (χ4n) is 11.2. The lowest BCUT2D eigenvalue weighted by Gasteiger charge is -2.69. The van der Waals surface area contributed by atoms with Gasteiger partial charge in [0.25, 0.3) is 0 Å². The molecular weight excluding hydrogens is 570 g/mol. The van der Waals surface area contributed by atoms with Gasteiger partial charge in [0.2, 0.25) is 0 Å². The highest BCUT2D eigenvalue weighted by atomic mass is 19.1. The van der Waals surface area contributed by atoms with E-state index in [1.54, 1.807) is 6.92 Å². The summed E-state index contributed by atoms with van der Waals surface area (Å²) in [6.07, 6.45) is 5.10. The lowest BCUT2D eigenvalue weighted by molar-refractivity contribution is -0.229. The molecule has 0 bridgehead atoms. The standard InChI is InChI=1S/C39H54F2O4/c1-21(2)28(25-16-26(40)18-27(41)17-25)10-11-29(36(43)44)34-31-19-32(42)35-37(7)14-12-23(5)24(6)30(37)13-15-38(35,8)39(31,9)20-33(34)45-22(3)4/h16-18,23-24,30-33,35,42H,3,10-15,19-20H2,1-2,4-9H3,(H,43,44)/b34-29+/t23-,24+,30+,31+,32-,33?,35+,37+,38+,39+/m1/s1. The lowest BCUT2D eigenvalue weighted by Crippen LogP contribution is -2.65. The molecule has 10 atom stereocenters. The summed E-state index contributed by atoms with van der Waals surface area (Å²) < 4.78 is 34.8. The Balaban J connectivity index is 1.58. The molecule has 45 heavy (non-hydrogen) atoms. The smallest absolute Gasteiger partial charge is 0.331 e. The number of ether oxygens (including phenoxy) is 1. The first kappa shape index (κ1) is 33.9. The molecule has 1 aromatic carbocycles. The zero-order chi connectivity index (χ0) is 33.2. The van der Waals surface area contributed by atoms with E-state index in [1.165, 1.54) is 18.6 Å². The second-order valence-electron chi connectivity index (χ2n) is 16.1. The minimum atomic E-state index is -1.00. The molecule has 5 rings (SSSR count). The van der Waals surface area contributed by atoms with Gasteiger partial charge in [-0.05, 0) is 147 Å². The average molecular weight is 625 g/mol. The number of carbonyl (C=O) groups is 1. The third-order valence-corrected chi connectivity index (χ3v) is 13.5. The maximum atomic E-state index is 14.2. The molecule has 0 amide bonds. The number of aliphatic hydroxyl groups excluding tert-OH is 1. The Morgan fingerprint density at radius 1 is 1.00 bits per heavy atom.